The molecule has 124 valence electrons. The van der Waals surface area contributed by atoms with Crippen LogP contribution in [0.3, 0.4) is 0 Å². The van der Waals surface area contributed by atoms with Crippen molar-refractivity contribution in [2.24, 2.45) is 5.92 Å². The van der Waals surface area contributed by atoms with Crippen molar-refractivity contribution in [3.63, 3.8) is 0 Å². The third-order valence-electron chi connectivity index (χ3n) is 3.41. The van der Waals surface area contributed by atoms with Gasteiger partial charge in [-0.1, -0.05) is 46.5 Å². The van der Waals surface area contributed by atoms with E-state index in [0.29, 0.717) is 18.9 Å². The van der Waals surface area contributed by atoms with E-state index in [4.69, 9.17) is 4.74 Å². The number of rotatable bonds is 12. The van der Waals surface area contributed by atoms with Gasteiger partial charge in [-0.05, 0) is 32.1 Å². The highest BCUT2D eigenvalue weighted by Gasteiger charge is 2.16. The molecule has 1 atom stereocenters. The van der Waals surface area contributed by atoms with Gasteiger partial charge in [0.25, 0.3) is 0 Å². The van der Waals surface area contributed by atoms with Crippen LogP contribution in [0, 0.1) is 5.92 Å². The van der Waals surface area contributed by atoms with Gasteiger partial charge >= 0.3 is 5.97 Å². The number of ether oxygens (including phenoxy) is 1. The van der Waals surface area contributed by atoms with Crippen molar-refractivity contribution in [3.8, 4) is 0 Å². The lowest BCUT2D eigenvalue weighted by Crippen LogP contribution is -2.39. The first-order chi connectivity index (χ1) is 9.97. The van der Waals surface area contributed by atoms with E-state index in [0.717, 1.165) is 25.7 Å². The summed E-state index contributed by atoms with van der Waals surface area (Å²) in [5, 5.41) is 2.71. The first-order valence-corrected chi connectivity index (χ1v) is 8.43. The standard InChI is InChI=1S/C17H33NO3/c1-5-6-7-8-9-12-16(19)18-15(4)17(20)21-13-10-11-14(2)3/h14-15H,5-13H2,1-4H3,(H,18,19). The number of carbonyl (C=O) groups excluding carboxylic acids is 2. The minimum Gasteiger partial charge on any atom is -0.464 e. The number of amides is 1. The zero-order valence-electron chi connectivity index (χ0n) is 14.2. The summed E-state index contributed by atoms with van der Waals surface area (Å²) in [6.07, 6.45) is 7.99. The molecule has 0 bridgehead atoms. The molecule has 0 saturated carbocycles. The van der Waals surface area contributed by atoms with E-state index >= 15 is 0 Å². The van der Waals surface area contributed by atoms with Gasteiger partial charge in [-0.15, -0.1) is 0 Å². The first-order valence-electron chi connectivity index (χ1n) is 8.43. The van der Waals surface area contributed by atoms with Crippen molar-refractivity contribution in [2.75, 3.05) is 6.61 Å². The minimum atomic E-state index is -0.549. The van der Waals surface area contributed by atoms with Crippen molar-refractivity contribution >= 4 is 11.9 Å². The second-order valence-electron chi connectivity index (χ2n) is 6.16. The van der Waals surface area contributed by atoms with Crippen LogP contribution in [0.2, 0.25) is 0 Å². The molecule has 1 N–H and O–H groups in total. The van der Waals surface area contributed by atoms with Gasteiger partial charge in [-0.25, -0.2) is 4.79 Å². The maximum atomic E-state index is 11.7. The second kappa shape index (κ2) is 12.7. The Morgan fingerprint density at radius 3 is 2.29 bits per heavy atom. The van der Waals surface area contributed by atoms with Crippen LogP contribution in [-0.2, 0) is 14.3 Å². The van der Waals surface area contributed by atoms with Crippen LogP contribution in [0.15, 0.2) is 0 Å². The Morgan fingerprint density at radius 2 is 1.67 bits per heavy atom. The van der Waals surface area contributed by atoms with Gasteiger partial charge in [0.1, 0.15) is 6.04 Å². The zero-order valence-corrected chi connectivity index (χ0v) is 14.2. The summed E-state index contributed by atoms with van der Waals surface area (Å²) < 4.78 is 5.16. The summed E-state index contributed by atoms with van der Waals surface area (Å²) >= 11 is 0. The fourth-order valence-corrected chi connectivity index (χ4v) is 2.05. The molecule has 0 heterocycles. The maximum absolute atomic E-state index is 11.7. The summed E-state index contributed by atoms with van der Waals surface area (Å²) in [4.78, 5) is 23.4. The van der Waals surface area contributed by atoms with Crippen LogP contribution in [0.1, 0.15) is 79.1 Å². The molecule has 0 aromatic carbocycles. The van der Waals surface area contributed by atoms with E-state index in [2.05, 4.69) is 26.1 Å². The van der Waals surface area contributed by atoms with Gasteiger partial charge in [0.05, 0.1) is 6.61 Å². The molecule has 0 rings (SSSR count). The smallest absolute Gasteiger partial charge is 0.328 e. The summed E-state index contributed by atoms with van der Waals surface area (Å²) in [6.45, 7) is 8.57. The topological polar surface area (TPSA) is 55.4 Å². The Hall–Kier alpha value is -1.06. The fourth-order valence-electron chi connectivity index (χ4n) is 2.05. The Bertz CT molecular complexity index is 290. The third-order valence-corrected chi connectivity index (χ3v) is 3.41. The highest BCUT2D eigenvalue weighted by molar-refractivity contribution is 5.84. The average molecular weight is 299 g/mol. The number of unbranched alkanes of at least 4 members (excludes halogenated alkanes) is 4. The summed E-state index contributed by atoms with van der Waals surface area (Å²) in [7, 11) is 0. The van der Waals surface area contributed by atoms with Gasteiger partial charge < -0.3 is 10.1 Å². The SMILES string of the molecule is CCCCCCCC(=O)NC(C)C(=O)OCCCC(C)C. The fraction of sp³-hybridized carbons (Fsp3) is 0.882. The second-order valence-corrected chi connectivity index (χ2v) is 6.16. The monoisotopic (exact) mass is 299 g/mol. The molecule has 1 amide bonds. The lowest BCUT2D eigenvalue weighted by Gasteiger charge is -2.13. The normalized spacial score (nSPS) is 12.2. The van der Waals surface area contributed by atoms with E-state index in [9.17, 15) is 9.59 Å². The van der Waals surface area contributed by atoms with Gasteiger partial charge in [0.2, 0.25) is 5.91 Å². The molecular weight excluding hydrogens is 266 g/mol. The number of nitrogens with one attached hydrogen (secondary N) is 1. The first kappa shape index (κ1) is 19.9. The molecule has 0 aliphatic heterocycles. The third kappa shape index (κ3) is 12.4. The Morgan fingerprint density at radius 1 is 1.00 bits per heavy atom. The lowest BCUT2D eigenvalue weighted by atomic mass is 10.1. The number of hydrogen-bond acceptors (Lipinski definition) is 3. The summed E-state index contributed by atoms with van der Waals surface area (Å²) in [6, 6.07) is -0.549. The maximum Gasteiger partial charge on any atom is 0.328 e. The Labute approximate surface area is 130 Å². The molecule has 4 heteroatoms. The molecule has 0 fully saturated rings. The number of hydrogen-bond donors (Lipinski definition) is 1. The molecule has 0 aromatic rings. The molecular formula is C17H33NO3. The van der Waals surface area contributed by atoms with Crippen molar-refractivity contribution < 1.29 is 14.3 Å². The molecule has 0 radical (unpaired) electrons. The van der Waals surface area contributed by atoms with Crippen LogP contribution in [0.25, 0.3) is 0 Å². The van der Waals surface area contributed by atoms with E-state index in [-0.39, 0.29) is 11.9 Å². The lowest BCUT2D eigenvalue weighted by molar-refractivity contribution is -0.147. The Balaban J connectivity index is 3.67. The minimum absolute atomic E-state index is 0.0573. The molecule has 1 unspecified atom stereocenters. The highest BCUT2D eigenvalue weighted by Crippen LogP contribution is 2.06. The van der Waals surface area contributed by atoms with Crippen LogP contribution in [0.5, 0.6) is 0 Å². The molecule has 21 heavy (non-hydrogen) atoms. The van der Waals surface area contributed by atoms with Crippen LogP contribution >= 0.6 is 0 Å². The highest BCUT2D eigenvalue weighted by atomic mass is 16.5. The quantitative estimate of drug-likeness (QED) is 0.440. The van der Waals surface area contributed by atoms with Crippen LogP contribution in [0.4, 0.5) is 0 Å². The van der Waals surface area contributed by atoms with Gasteiger partial charge in [0, 0.05) is 6.42 Å². The number of carbonyl (C=O) groups is 2. The summed E-state index contributed by atoms with van der Waals surface area (Å²) in [5.41, 5.74) is 0. The predicted molar refractivity (Wildman–Crippen MR) is 86.0 cm³/mol. The van der Waals surface area contributed by atoms with E-state index in [1.165, 1.54) is 19.3 Å². The summed E-state index contributed by atoms with van der Waals surface area (Å²) in [5.74, 6) is 0.227. The van der Waals surface area contributed by atoms with Crippen molar-refractivity contribution in [1.82, 2.24) is 5.32 Å². The molecule has 0 spiro atoms. The van der Waals surface area contributed by atoms with E-state index in [1.54, 1.807) is 6.92 Å². The molecule has 0 aliphatic rings. The molecule has 0 saturated heterocycles. The van der Waals surface area contributed by atoms with Crippen molar-refractivity contribution in [3.05, 3.63) is 0 Å². The van der Waals surface area contributed by atoms with E-state index in [1.807, 2.05) is 0 Å². The molecule has 4 nitrogen and oxygen atoms in total. The van der Waals surface area contributed by atoms with E-state index < -0.39 is 6.04 Å². The Kier molecular flexibility index (Phi) is 12.0. The predicted octanol–water partition coefficient (Wildman–Crippen LogP) is 3.83. The molecule has 0 aromatic heterocycles. The van der Waals surface area contributed by atoms with Gasteiger partial charge in [-0.2, -0.15) is 0 Å². The average Bonchev–Trinajstić information content (AvgIpc) is 2.42. The largest absolute Gasteiger partial charge is 0.464 e. The number of esters is 1. The molecule has 0 aliphatic carbocycles. The van der Waals surface area contributed by atoms with Crippen molar-refractivity contribution in [1.29, 1.82) is 0 Å². The zero-order chi connectivity index (χ0) is 16.1. The van der Waals surface area contributed by atoms with Crippen molar-refractivity contribution in [2.45, 2.75) is 85.1 Å². The van der Waals surface area contributed by atoms with Crippen LogP contribution in [-0.4, -0.2) is 24.5 Å². The van der Waals surface area contributed by atoms with Gasteiger partial charge in [0.15, 0.2) is 0 Å². The van der Waals surface area contributed by atoms with Crippen LogP contribution < -0.4 is 5.32 Å². The van der Waals surface area contributed by atoms with Gasteiger partial charge in [-0.3, -0.25) is 4.79 Å².